The molecule has 1 aliphatic heterocycles. The summed E-state index contributed by atoms with van der Waals surface area (Å²) >= 11 is 0. The van der Waals surface area contributed by atoms with Gasteiger partial charge in [-0.1, -0.05) is 12.1 Å². The SMILES string of the molecule is COc1ccc(NC(=O)N2CCC(Cn3cnc4ccccc43)CC2)c(OC)c1. The van der Waals surface area contributed by atoms with Crippen molar-refractivity contribution in [3.63, 3.8) is 0 Å². The van der Waals surface area contributed by atoms with Gasteiger partial charge < -0.3 is 24.3 Å². The molecule has 0 spiro atoms. The van der Waals surface area contributed by atoms with E-state index in [-0.39, 0.29) is 6.03 Å². The molecule has 2 amide bonds. The van der Waals surface area contributed by atoms with Gasteiger partial charge in [0, 0.05) is 25.7 Å². The Morgan fingerprint density at radius 2 is 1.93 bits per heavy atom. The summed E-state index contributed by atoms with van der Waals surface area (Å²) in [6.45, 7) is 2.41. The Hall–Kier alpha value is -3.22. The second kappa shape index (κ2) is 8.43. The summed E-state index contributed by atoms with van der Waals surface area (Å²) in [4.78, 5) is 19.0. The molecule has 0 bridgehead atoms. The summed E-state index contributed by atoms with van der Waals surface area (Å²) in [5.41, 5.74) is 2.84. The molecule has 1 aliphatic rings. The number of benzene rings is 2. The molecule has 2 aromatic carbocycles. The van der Waals surface area contributed by atoms with Crippen LogP contribution < -0.4 is 14.8 Å². The molecule has 0 saturated carbocycles. The minimum absolute atomic E-state index is 0.0972. The molecule has 29 heavy (non-hydrogen) atoms. The molecule has 2 heterocycles. The Morgan fingerprint density at radius 1 is 1.14 bits per heavy atom. The standard InChI is InChI=1S/C22H26N4O3/c1-28-17-7-8-19(21(13-17)29-2)24-22(27)25-11-9-16(10-12-25)14-26-15-23-18-5-3-4-6-20(18)26/h3-8,13,15-16H,9-12,14H2,1-2H3,(H,24,27). The van der Waals surface area contributed by atoms with E-state index in [4.69, 9.17) is 9.47 Å². The fourth-order valence-electron chi connectivity index (χ4n) is 3.85. The van der Waals surface area contributed by atoms with E-state index in [9.17, 15) is 4.79 Å². The highest BCUT2D eigenvalue weighted by Crippen LogP contribution is 2.30. The zero-order valence-corrected chi connectivity index (χ0v) is 16.8. The molecule has 1 N–H and O–H groups in total. The van der Waals surface area contributed by atoms with Crippen molar-refractivity contribution >= 4 is 22.8 Å². The van der Waals surface area contributed by atoms with E-state index < -0.39 is 0 Å². The third-order valence-corrected chi connectivity index (χ3v) is 5.53. The molecule has 0 radical (unpaired) electrons. The first kappa shape index (κ1) is 19.1. The number of carbonyl (C=O) groups excluding carboxylic acids is 1. The predicted molar refractivity (Wildman–Crippen MR) is 113 cm³/mol. The molecule has 0 atom stereocenters. The van der Waals surface area contributed by atoms with E-state index in [0.29, 0.717) is 23.1 Å². The van der Waals surface area contributed by atoms with Crippen LogP contribution in [0.3, 0.4) is 0 Å². The number of amides is 2. The lowest BCUT2D eigenvalue weighted by atomic mass is 9.97. The van der Waals surface area contributed by atoms with Crippen LogP contribution in [0.5, 0.6) is 11.5 Å². The van der Waals surface area contributed by atoms with Crippen LogP contribution >= 0.6 is 0 Å². The molecule has 3 aromatic rings. The van der Waals surface area contributed by atoms with E-state index in [1.54, 1.807) is 32.4 Å². The second-order valence-corrected chi connectivity index (χ2v) is 7.31. The van der Waals surface area contributed by atoms with Crippen LogP contribution in [0.1, 0.15) is 12.8 Å². The number of methoxy groups -OCH3 is 2. The summed E-state index contributed by atoms with van der Waals surface area (Å²) < 4.78 is 12.8. The molecule has 152 valence electrons. The summed E-state index contributed by atoms with van der Waals surface area (Å²) in [6.07, 6.45) is 3.86. The van der Waals surface area contributed by atoms with Crippen molar-refractivity contribution in [2.24, 2.45) is 5.92 Å². The number of imidazole rings is 1. The van der Waals surface area contributed by atoms with Gasteiger partial charge in [-0.05, 0) is 43.0 Å². The molecule has 1 fully saturated rings. The number of carbonyl (C=O) groups is 1. The maximum Gasteiger partial charge on any atom is 0.321 e. The van der Waals surface area contributed by atoms with Crippen LogP contribution in [0, 0.1) is 5.92 Å². The number of anilines is 1. The van der Waals surface area contributed by atoms with Crippen molar-refractivity contribution in [3.8, 4) is 11.5 Å². The van der Waals surface area contributed by atoms with Gasteiger partial charge in [0.2, 0.25) is 0 Å². The molecule has 7 heteroatoms. The zero-order valence-electron chi connectivity index (χ0n) is 16.8. The number of hydrogen-bond acceptors (Lipinski definition) is 4. The predicted octanol–water partition coefficient (Wildman–Crippen LogP) is 4.00. The fourth-order valence-corrected chi connectivity index (χ4v) is 3.85. The van der Waals surface area contributed by atoms with E-state index in [1.807, 2.05) is 29.4 Å². The summed E-state index contributed by atoms with van der Waals surface area (Å²) in [6, 6.07) is 13.5. The number of rotatable bonds is 5. The van der Waals surface area contributed by atoms with Crippen molar-refractivity contribution in [1.29, 1.82) is 0 Å². The van der Waals surface area contributed by atoms with Gasteiger partial charge in [-0.15, -0.1) is 0 Å². The maximum absolute atomic E-state index is 12.7. The van der Waals surface area contributed by atoms with Gasteiger partial charge in [0.1, 0.15) is 11.5 Å². The second-order valence-electron chi connectivity index (χ2n) is 7.31. The zero-order chi connectivity index (χ0) is 20.2. The number of hydrogen-bond donors (Lipinski definition) is 1. The smallest absolute Gasteiger partial charge is 0.321 e. The highest BCUT2D eigenvalue weighted by atomic mass is 16.5. The molecule has 4 rings (SSSR count). The van der Waals surface area contributed by atoms with Gasteiger partial charge in [0.25, 0.3) is 0 Å². The van der Waals surface area contributed by atoms with Gasteiger partial charge in [0.05, 0.1) is 37.3 Å². The lowest BCUT2D eigenvalue weighted by molar-refractivity contribution is 0.177. The first-order valence-corrected chi connectivity index (χ1v) is 9.85. The Morgan fingerprint density at radius 3 is 2.69 bits per heavy atom. The van der Waals surface area contributed by atoms with Crippen molar-refractivity contribution in [2.45, 2.75) is 19.4 Å². The van der Waals surface area contributed by atoms with Gasteiger partial charge in [-0.2, -0.15) is 0 Å². The number of nitrogens with zero attached hydrogens (tertiary/aromatic N) is 3. The molecule has 0 unspecified atom stereocenters. The number of fused-ring (bicyclic) bond motifs is 1. The minimum atomic E-state index is -0.0972. The van der Waals surface area contributed by atoms with Crippen LogP contribution in [-0.2, 0) is 6.54 Å². The highest BCUT2D eigenvalue weighted by molar-refractivity contribution is 5.91. The van der Waals surface area contributed by atoms with Crippen molar-refractivity contribution in [3.05, 3.63) is 48.8 Å². The monoisotopic (exact) mass is 394 g/mol. The van der Waals surface area contributed by atoms with Gasteiger partial charge in [-0.3, -0.25) is 0 Å². The van der Waals surface area contributed by atoms with Crippen LogP contribution in [0.25, 0.3) is 11.0 Å². The van der Waals surface area contributed by atoms with Crippen LogP contribution in [0.2, 0.25) is 0 Å². The molecule has 0 aliphatic carbocycles. The Bertz CT molecular complexity index is 993. The van der Waals surface area contributed by atoms with E-state index in [2.05, 4.69) is 20.9 Å². The van der Waals surface area contributed by atoms with E-state index >= 15 is 0 Å². The van der Waals surface area contributed by atoms with Crippen molar-refractivity contribution < 1.29 is 14.3 Å². The van der Waals surface area contributed by atoms with Crippen molar-refractivity contribution in [1.82, 2.24) is 14.5 Å². The quantitative estimate of drug-likeness (QED) is 0.710. The summed E-state index contributed by atoms with van der Waals surface area (Å²) in [7, 11) is 3.18. The normalized spacial score (nSPS) is 14.8. The average Bonchev–Trinajstić information content (AvgIpc) is 3.17. The average molecular weight is 394 g/mol. The third-order valence-electron chi connectivity index (χ3n) is 5.53. The minimum Gasteiger partial charge on any atom is -0.497 e. The largest absolute Gasteiger partial charge is 0.497 e. The summed E-state index contributed by atoms with van der Waals surface area (Å²) in [5.74, 6) is 1.81. The number of nitrogens with one attached hydrogen (secondary N) is 1. The Balaban J connectivity index is 1.34. The van der Waals surface area contributed by atoms with Crippen molar-refractivity contribution in [2.75, 3.05) is 32.6 Å². The molecule has 1 saturated heterocycles. The van der Waals surface area contributed by atoms with Crippen LogP contribution in [0.15, 0.2) is 48.8 Å². The van der Waals surface area contributed by atoms with E-state index in [0.717, 1.165) is 38.0 Å². The Kier molecular flexibility index (Phi) is 5.55. The summed E-state index contributed by atoms with van der Waals surface area (Å²) in [5, 5.41) is 2.96. The lowest BCUT2D eigenvalue weighted by Gasteiger charge is -2.32. The van der Waals surface area contributed by atoms with Gasteiger partial charge in [0.15, 0.2) is 0 Å². The van der Waals surface area contributed by atoms with Gasteiger partial charge >= 0.3 is 6.03 Å². The number of para-hydroxylation sites is 2. The van der Waals surface area contributed by atoms with E-state index in [1.165, 1.54) is 5.52 Å². The Labute approximate surface area is 170 Å². The highest BCUT2D eigenvalue weighted by Gasteiger charge is 2.24. The lowest BCUT2D eigenvalue weighted by Crippen LogP contribution is -2.41. The van der Waals surface area contributed by atoms with Crippen LogP contribution in [0.4, 0.5) is 10.5 Å². The molecule has 1 aromatic heterocycles. The first-order valence-electron chi connectivity index (χ1n) is 9.85. The first-order chi connectivity index (χ1) is 14.2. The topological polar surface area (TPSA) is 68.6 Å². The number of aromatic nitrogens is 2. The number of piperidine rings is 1. The third kappa shape index (κ3) is 4.13. The fraction of sp³-hybridized carbons (Fsp3) is 0.364. The maximum atomic E-state index is 12.7. The molecular weight excluding hydrogens is 368 g/mol. The molecule has 7 nitrogen and oxygen atoms in total. The molecular formula is C22H26N4O3. The number of ether oxygens (including phenoxy) is 2. The van der Waals surface area contributed by atoms with Gasteiger partial charge in [-0.25, -0.2) is 9.78 Å². The number of likely N-dealkylation sites (tertiary alicyclic amines) is 1. The van der Waals surface area contributed by atoms with Crippen LogP contribution in [-0.4, -0.2) is 47.8 Å². The number of urea groups is 1.